The Bertz CT molecular complexity index is 484. The SMILES string of the molecule is CCc1cc(C(=O)N(CCO)C2CCCCC2)cc(N)n1. The van der Waals surface area contributed by atoms with Crippen LogP contribution in [0.2, 0.25) is 0 Å². The number of aliphatic hydroxyl groups is 1. The molecule has 0 atom stereocenters. The Morgan fingerprint density at radius 1 is 1.38 bits per heavy atom. The number of hydrogen-bond donors (Lipinski definition) is 2. The topological polar surface area (TPSA) is 79.5 Å². The standard InChI is InChI=1S/C16H25N3O2/c1-2-13-10-12(11-15(17)18-13)16(21)19(8-9-20)14-6-4-3-5-7-14/h10-11,14,20H,2-9H2,1H3,(H2,17,18). The summed E-state index contributed by atoms with van der Waals surface area (Å²) in [6.45, 7) is 2.36. The summed E-state index contributed by atoms with van der Waals surface area (Å²) in [4.78, 5) is 18.8. The first-order valence-electron chi connectivity index (χ1n) is 7.84. The highest BCUT2D eigenvalue weighted by Crippen LogP contribution is 2.24. The molecule has 0 aliphatic heterocycles. The smallest absolute Gasteiger partial charge is 0.254 e. The number of amides is 1. The van der Waals surface area contributed by atoms with Crippen LogP contribution in [0, 0.1) is 0 Å². The molecular weight excluding hydrogens is 266 g/mol. The zero-order chi connectivity index (χ0) is 15.2. The maximum Gasteiger partial charge on any atom is 0.254 e. The Kier molecular flexibility index (Phi) is 5.56. The van der Waals surface area contributed by atoms with Crippen LogP contribution in [0.4, 0.5) is 5.82 Å². The highest BCUT2D eigenvalue weighted by molar-refractivity contribution is 5.95. The molecule has 0 aromatic carbocycles. The number of nitrogen functional groups attached to an aromatic ring is 1. The molecule has 5 heteroatoms. The fourth-order valence-electron chi connectivity index (χ4n) is 3.03. The number of aliphatic hydroxyl groups excluding tert-OH is 1. The Labute approximate surface area is 126 Å². The lowest BCUT2D eigenvalue weighted by atomic mass is 9.93. The molecule has 0 radical (unpaired) electrons. The average Bonchev–Trinajstić information content (AvgIpc) is 2.52. The maximum atomic E-state index is 12.8. The number of nitrogens with two attached hydrogens (primary N) is 1. The molecule has 116 valence electrons. The molecule has 1 heterocycles. The van der Waals surface area contributed by atoms with Crippen molar-refractivity contribution >= 4 is 11.7 Å². The van der Waals surface area contributed by atoms with Crippen molar-refractivity contribution in [3.05, 3.63) is 23.4 Å². The zero-order valence-corrected chi connectivity index (χ0v) is 12.7. The molecule has 1 amide bonds. The van der Waals surface area contributed by atoms with Crippen molar-refractivity contribution in [2.24, 2.45) is 0 Å². The number of aromatic nitrogens is 1. The van der Waals surface area contributed by atoms with Crippen molar-refractivity contribution < 1.29 is 9.90 Å². The first kappa shape index (κ1) is 15.8. The molecule has 1 aliphatic rings. The normalized spacial score (nSPS) is 15.9. The molecule has 1 aromatic heterocycles. The van der Waals surface area contributed by atoms with Crippen molar-refractivity contribution in [3.63, 3.8) is 0 Å². The van der Waals surface area contributed by atoms with E-state index >= 15 is 0 Å². The van der Waals surface area contributed by atoms with E-state index in [0.29, 0.717) is 17.9 Å². The minimum atomic E-state index is -0.0419. The second-order valence-electron chi connectivity index (χ2n) is 5.64. The van der Waals surface area contributed by atoms with E-state index in [4.69, 9.17) is 5.73 Å². The molecule has 0 spiro atoms. The van der Waals surface area contributed by atoms with Crippen molar-refractivity contribution in [1.82, 2.24) is 9.88 Å². The second-order valence-corrected chi connectivity index (χ2v) is 5.64. The molecule has 2 rings (SSSR count). The molecule has 3 N–H and O–H groups in total. The third-order valence-electron chi connectivity index (χ3n) is 4.12. The van der Waals surface area contributed by atoms with Crippen LogP contribution in [0.15, 0.2) is 12.1 Å². The second kappa shape index (κ2) is 7.41. The van der Waals surface area contributed by atoms with Gasteiger partial charge in [0.05, 0.1) is 6.61 Å². The monoisotopic (exact) mass is 291 g/mol. The third kappa shape index (κ3) is 3.94. The Hall–Kier alpha value is -1.62. The fraction of sp³-hybridized carbons (Fsp3) is 0.625. The summed E-state index contributed by atoms with van der Waals surface area (Å²) in [5.74, 6) is 0.338. The van der Waals surface area contributed by atoms with Gasteiger partial charge in [0.2, 0.25) is 0 Å². The minimum absolute atomic E-state index is 0.0105. The van der Waals surface area contributed by atoms with Crippen LogP contribution in [-0.2, 0) is 6.42 Å². The van der Waals surface area contributed by atoms with Crippen LogP contribution in [0.3, 0.4) is 0 Å². The molecule has 0 bridgehead atoms. The van der Waals surface area contributed by atoms with Crippen molar-refractivity contribution in [1.29, 1.82) is 0 Å². The quantitative estimate of drug-likeness (QED) is 0.869. The predicted molar refractivity (Wildman–Crippen MR) is 83.0 cm³/mol. The highest BCUT2D eigenvalue weighted by atomic mass is 16.3. The lowest BCUT2D eigenvalue weighted by Crippen LogP contribution is -2.43. The van der Waals surface area contributed by atoms with Gasteiger partial charge in [-0.1, -0.05) is 26.2 Å². The van der Waals surface area contributed by atoms with Gasteiger partial charge >= 0.3 is 0 Å². The van der Waals surface area contributed by atoms with Gasteiger partial charge in [0.25, 0.3) is 5.91 Å². The number of carbonyl (C=O) groups excluding carboxylic acids is 1. The molecule has 5 nitrogen and oxygen atoms in total. The molecule has 1 aliphatic carbocycles. The van der Waals surface area contributed by atoms with Gasteiger partial charge in [-0.2, -0.15) is 0 Å². The van der Waals surface area contributed by atoms with E-state index in [1.165, 1.54) is 6.42 Å². The van der Waals surface area contributed by atoms with Crippen molar-refractivity contribution in [2.75, 3.05) is 18.9 Å². The number of aryl methyl sites for hydroxylation is 1. The van der Waals surface area contributed by atoms with Crippen LogP contribution in [0.1, 0.15) is 55.1 Å². The largest absolute Gasteiger partial charge is 0.395 e. The third-order valence-corrected chi connectivity index (χ3v) is 4.12. The lowest BCUT2D eigenvalue weighted by molar-refractivity contribution is 0.0585. The molecular formula is C16H25N3O2. The van der Waals surface area contributed by atoms with E-state index in [0.717, 1.165) is 37.8 Å². The number of carbonyl (C=O) groups is 1. The Morgan fingerprint density at radius 2 is 2.10 bits per heavy atom. The average molecular weight is 291 g/mol. The predicted octanol–water partition coefficient (Wildman–Crippen LogP) is 1.99. The first-order valence-corrected chi connectivity index (χ1v) is 7.84. The number of anilines is 1. The van der Waals surface area contributed by atoms with Crippen LogP contribution in [0.5, 0.6) is 0 Å². The maximum absolute atomic E-state index is 12.8. The van der Waals surface area contributed by atoms with Crippen LogP contribution >= 0.6 is 0 Å². The first-order chi connectivity index (χ1) is 10.2. The van der Waals surface area contributed by atoms with Crippen LogP contribution in [-0.4, -0.2) is 40.1 Å². The summed E-state index contributed by atoms with van der Waals surface area (Å²) >= 11 is 0. The molecule has 1 fully saturated rings. The number of pyridine rings is 1. The van der Waals surface area contributed by atoms with Crippen molar-refractivity contribution in [2.45, 2.75) is 51.5 Å². The molecule has 21 heavy (non-hydrogen) atoms. The minimum Gasteiger partial charge on any atom is -0.395 e. The van der Waals surface area contributed by atoms with Gasteiger partial charge in [-0.3, -0.25) is 4.79 Å². The molecule has 1 saturated carbocycles. The summed E-state index contributed by atoms with van der Waals surface area (Å²) in [6, 6.07) is 3.68. The van der Waals surface area contributed by atoms with E-state index in [-0.39, 0.29) is 18.6 Å². The van der Waals surface area contributed by atoms with Gasteiger partial charge in [-0.25, -0.2) is 4.98 Å². The summed E-state index contributed by atoms with van der Waals surface area (Å²) in [5.41, 5.74) is 7.20. The summed E-state index contributed by atoms with van der Waals surface area (Å²) in [5, 5.41) is 9.29. The van der Waals surface area contributed by atoms with Gasteiger partial charge in [-0.15, -0.1) is 0 Å². The van der Waals surface area contributed by atoms with E-state index in [2.05, 4.69) is 4.98 Å². The zero-order valence-electron chi connectivity index (χ0n) is 12.7. The fourth-order valence-corrected chi connectivity index (χ4v) is 3.03. The van der Waals surface area contributed by atoms with Gasteiger partial charge < -0.3 is 15.7 Å². The number of hydrogen-bond acceptors (Lipinski definition) is 4. The van der Waals surface area contributed by atoms with Crippen LogP contribution in [0.25, 0.3) is 0 Å². The van der Waals surface area contributed by atoms with E-state index in [1.54, 1.807) is 6.07 Å². The summed E-state index contributed by atoms with van der Waals surface area (Å²) in [7, 11) is 0. The number of rotatable bonds is 5. The molecule has 0 unspecified atom stereocenters. The lowest BCUT2D eigenvalue weighted by Gasteiger charge is -2.34. The van der Waals surface area contributed by atoms with E-state index in [9.17, 15) is 9.90 Å². The van der Waals surface area contributed by atoms with Crippen LogP contribution < -0.4 is 5.73 Å². The van der Waals surface area contributed by atoms with E-state index in [1.807, 2.05) is 17.9 Å². The van der Waals surface area contributed by atoms with E-state index < -0.39 is 0 Å². The Morgan fingerprint density at radius 3 is 2.71 bits per heavy atom. The highest BCUT2D eigenvalue weighted by Gasteiger charge is 2.26. The molecule has 1 aromatic rings. The van der Waals surface area contributed by atoms with Gasteiger partial charge in [-0.05, 0) is 31.4 Å². The van der Waals surface area contributed by atoms with Gasteiger partial charge in [0.1, 0.15) is 5.82 Å². The molecule has 0 saturated heterocycles. The van der Waals surface area contributed by atoms with Gasteiger partial charge in [0.15, 0.2) is 0 Å². The Balaban J connectivity index is 2.22. The van der Waals surface area contributed by atoms with Gasteiger partial charge in [0, 0.05) is 23.8 Å². The summed E-state index contributed by atoms with van der Waals surface area (Å²) < 4.78 is 0. The number of nitrogens with zero attached hydrogens (tertiary/aromatic N) is 2. The summed E-state index contributed by atoms with van der Waals surface area (Å²) in [6.07, 6.45) is 6.33. The van der Waals surface area contributed by atoms with Crippen molar-refractivity contribution in [3.8, 4) is 0 Å².